The predicted octanol–water partition coefficient (Wildman–Crippen LogP) is -10.6. The summed E-state index contributed by atoms with van der Waals surface area (Å²) in [5.74, 6) is -9.82. The molecule has 2 amide bonds. The number of carboxylic acids is 1. The number of anilines is 1. The average molecular weight is 1590 g/mol. The highest BCUT2D eigenvalue weighted by Gasteiger charge is 2.60. The van der Waals surface area contributed by atoms with Crippen molar-refractivity contribution in [2.75, 3.05) is 52.4 Å². The minimum absolute atomic E-state index is 0.0154. The van der Waals surface area contributed by atoms with Crippen LogP contribution < -0.4 is 27.4 Å². The summed E-state index contributed by atoms with van der Waals surface area (Å²) in [5.41, 5.74) is 5.24. The number of ether oxygens (including phenoxy) is 13. The number of carbonyl (C=O) groups is 7. The van der Waals surface area contributed by atoms with Crippen LogP contribution in [0.4, 0.5) is 5.82 Å². The lowest BCUT2D eigenvalue weighted by Gasteiger charge is -2.49. The van der Waals surface area contributed by atoms with E-state index in [1.807, 2.05) is 0 Å². The molecule has 46 nitrogen and oxygen atoms in total. The fourth-order valence-electron chi connectivity index (χ4n) is 13.0. The minimum atomic E-state index is -5.69. The number of phosphoric acid groups is 1. The molecule has 7 heterocycles. The highest BCUT2D eigenvalue weighted by molar-refractivity contribution is 7.47. The Morgan fingerprint density at radius 2 is 1.25 bits per heavy atom. The van der Waals surface area contributed by atoms with Crippen LogP contribution in [0, 0.1) is 5.92 Å². The van der Waals surface area contributed by atoms with E-state index in [2.05, 4.69) is 20.9 Å². The van der Waals surface area contributed by atoms with Crippen molar-refractivity contribution < 1.29 is 190 Å². The van der Waals surface area contributed by atoms with Crippen LogP contribution in [0.2, 0.25) is 0 Å². The number of hydrogen-bond acceptors (Lipinski definition) is 41. The number of aromatic nitrogens is 2. The number of phosphoric ester groups is 1. The number of Topliss-reactive ketones (excluding diaryl/α,β-unsaturated/α-hetero) is 2. The largest absolute Gasteiger partial charge is 0.477 e. The molecule has 1 aromatic carbocycles. The predicted molar refractivity (Wildman–Crippen MR) is 346 cm³/mol. The third-order valence-corrected chi connectivity index (χ3v) is 19.6. The standard InChI is InChI=1S/C62H91N6O40P/c1-24(74)65-39-42(82)49(94-3)35(19-70)100-54(39)104-52-45(85)48(88)57(106-59(52)97-23-73)102-50-36(20-71)101-55(40(43(50)83)66-25(2)75)103-51-44(84)47(87)56(105-58(51)96-22-72)95-13-11-64-17-26-4-6-27(7-5-26)30(77)9-8-28(76)14-29-32(79)16-62(60(89)90,107-34(29)15-31(78)33(80)18-69)108-109(92,93)98-21-37-41(81)46(86)53(99-37)68-12-10-38(63)67-61(68)91/h4-7,10,12,22-23,29,31-37,39-59,64,69-71,78-88H,8-9,11,13-21H2,1-3H3,(H,65,74)(H,66,75)(H,89,90)(H,92,93)(H2,63,67,91)/t29-,31+,32-,33-,34?,35?,36?,37-,39?,40?,41+,42-,43-,44-,45-,46?,47?,48?,49-,50-,51+,52+,53-,54-,55-,56-,57-,58?,59?,62-/m1/s1. The molecule has 109 heavy (non-hydrogen) atoms. The summed E-state index contributed by atoms with van der Waals surface area (Å²) in [6.45, 7) is -2.21. The van der Waals surface area contributed by atoms with E-state index in [0.29, 0.717) is 5.56 Å². The van der Waals surface area contributed by atoms with Crippen molar-refractivity contribution in [1.82, 2.24) is 25.5 Å². The van der Waals surface area contributed by atoms with Crippen LogP contribution in [0.1, 0.15) is 68.1 Å². The summed E-state index contributed by atoms with van der Waals surface area (Å²) in [5, 5.41) is 170. The molecule has 8 rings (SSSR count). The number of methoxy groups -OCH3 is 1. The number of aliphatic carboxylic acids is 1. The van der Waals surface area contributed by atoms with Crippen molar-refractivity contribution in [1.29, 1.82) is 0 Å². The normalized spacial score (nSPS) is 37.3. The van der Waals surface area contributed by atoms with Gasteiger partial charge in [-0.3, -0.25) is 37.9 Å². The Morgan fingerprint density at radius 1 is 0.688 bits per heavy atom. The van der Waals surface area contributed by atoms with Crippen LogP contribution in [-0.4, -0.2) is 352 Å². The number of ketones is 2. The Morgan fingerprint density at radius 3 is 1.79 bits per heavy atom. The van der Waals surface area contributed by atoms with Crippen molar-refractivity contribution in [2.45, 2.75) is 230 Å². The molecule has 0 bridgehead atoms. The van der Waals surface area contributed by atoms with Gasteiger partial charge in [-0.2, -0.15) is 4.98 Å². The molecule has 21 N–H and O–H groups in total. The average Bonchev–Trinajstić information content (AvgIpc) is 1.13. The van der Waals surface area contributed by atoms with Crippen LogP contribution in [0.25, 0.3) is 0 Å². The first kappa shape index (κ1) is 88.2. The lowest BCUT2D eigenvalue weighted by atomic mass is 9.80. The quantitative estimate of drug-likeness (QED) is 0.0128. The van der Waals surface area contributed by atoms with Crippen LogP contribution in [0.3, 0.4) is 0 Å². The van der Waals surface area contributed by atoms with E-state index < -0.39 is 285 Å². The molecule has 6 aliphatic heterocycles. The van der Waals surface area contributed by atoms with Gasteiger partial charge < -0.3 is 165 Å². The molecule has 6 saturated heterocycles. The lowest BCUT2D eigenvalue weighted by molar-refractivity contribution is -0.398. The smallest absolute Gasteiger partial charge is 0.475 e. The van der Waals surface area contributed by atoms with Gasteiger partial charge in [-0.1, -0.05) is 24.3 Å². The second-order valence-corrected chi connectivity index (χ2v) is 27.5. The lowest BCUT2D eigenvalue weighted by Crippen LogP contribution is -2.70. The summed E-state index contributed by atoms with van der Waals surface area (Å²) in [7, 11) is -4.50. The molecule has 614 valence electrons. The summed E-state index contributed by atoms with van der Waals surface area (Å²) < 4.78 is 96.7. The number of aliphatic hydroxyl groups excluding tert-OH is 14. The Bertz CT molecular complexity index is 3470. The zero-order valence-electron chi connectivity index (χ0n) is 58.2. The van der Waals surface area contributed by atoms with Gasteiger partial charge in [0, 0.05) is 83.8 Å². The van der Waals surface area contributed by atoms with Gasteiger partial charge in [0.2, 0.25) is 24.4 Å². The van der Waals surface area contributed by atoms with Gasteiger partial charge in [0.05, 0.1) is 51.3 Å². The molecule has 11 unspecified atom stereocenters. The Hall–Kier alpha value is -6.34. The van der Waals surface area contributed by atoms with E-state index in [1.54, 1.807) is 12.1 Å². The van der Waals surface area contributed by atoms with E-state index >= 15 is 0 Å². The number of amides is 2. The maximum absolute atomic E-state index is 13.5. The highest BCUT2D eigenvalue weighted by atomic mass is 31.2. The fraction of sp³-hybridized carbons (Fsp3) is 0.726. The number of benzene rings is 1. The summed E-state index contributed by atoms with van der Waals surface area (Å²) in [6, 6.07) is 3.93. The SMILES string of the molecule is CO[C@@H]1C(CO)O[C@H](O[C@@H]2C(OC=O)O[C@@H](O[C@@H]3C(CO)O[C@H](O[C@@H]4C(OC=O)O[C@@H](OCCNCc5ccc(C(=O)CCC(=O)C[C@H]6C(C[C@H](O)[C@H](O)CO)O[C@](OP(=O)(O)OC[C@H]7O[C@@H](n8ccc(N)nc8=O)C(O)[C@H]7O)(C(=O)O)C[C@H]6O)cc5)C(O)[C@H]4O)C(NC(C)=O)[C@H]3O)C(O)[C@H]2O)C(NC(C)=O)[C@H]1O. The number of hydrogen-bond donors (Lipinski definition) is 20. The van der Waals surface area contributed by atoms with E-state index in [-0.39, 0.29) is 44.0 Å². The monoisotopic (exact) mass is 1590 g/mol. The molecule has 0 aliphatic carbocycles. The van der Waals surface area contributed by atoms with Crippen molar-refractivity contribution >= 4 is 55.9 Å². The van der Waals surface area contributed by atoms with Crippen molar-refractivity contribution in [3.8, 4) is 0 Å². The Labute approximate surface area is 616 Å². The van der Waals surface area contributed by atoms with Crippen LogP contribution in [0.5, 0.6) is 0 Å². The van der Waals surface area contributed by atoms with Crippen molar-refractivity contribution in [3.63, 3.8) is 0 Å². The Kier molecular flexibility index (Phi) is 31.9. The summed E-state index contributed by atoms with van der Waals surface area (Å²) in [4.78, 5) is 115. The number of aliphatic hydroxyl groups is 14. The van der Waals surface area contributed by atoms with Crippen LogP contribution in [-0.2, 0) is 111 Å². The fourth-order valence-corrected chi connectivity index (χ4v) is 13.9. The van der Waals surface area contributed by atoms with E-state index in [9.17, 15) is 124 Å². The van der Waals surface area contributed by atoms with Gasteiger partial charge in [-0.15, -0.1) is 0 Å². The molecule has 1 aromatic heterocycles. The van der Waals surface area contributed by atoms with E-state index in [4.69, 9.17) is 76.4 Å². The number of carbonyl (C=O) groups excluding carboxylic acids is 6. The summed E-state index contributed by atoms with van der Waals surface area (Å²) >= 11 is 0. The molecule has 2 aromatic rings. The van der Waals surface area contributed by atoms with E-state index in [0.717, 1.165) is 24.6 Å². The van der Waals surface area contributed by atoms with Crippen molar-refractivity contribution in [3.05, 3.63) is 58.1 Å². The molecule has 6 fully saturated rings. The van der Waals surface area contributed by atoms with Gasteiger partial charge in [0.25, 0.3) is 18.7 Å². The number of rotatable bonds is 38. The second kappa shape index (κ2) is 39.4. The summed E-state index contributed by atoms with van der Waals surface area (Å²) in [6.07, 6.45) is -50.6. The van der Waals surface area contributed by atoms with Crippen LogP contribution in [0.15, 0.2) is 41.3 Å². The molecule has 0 radical (unpaired) electrons. The maximum Gasteiger partial charge on any atom is 0.475 e. The number of nitrogens with two attached hydrogens (primary N) is 1. The first-order valence-corrected chi connectivity index (χ1v) is 35.3. The molecular formula is C62H91N6O40P. The molecule has 31 atom stereocenters. The van der Waals surface area contributed by atoms with E-state index in [1.165, 1.54) is 25.3 Å². The highest BCUT2D eigenvalue weighted by Crippen LogP contribution is 2.53. The van der Waals surface area contributed by atoms with Gasteiger partial charge in [0.1, 0.15) is 109 Å². The number of carboxylic acid groups (broad SMARTS) is 1. The van der Waals surface area contributed by atoms with Crippen molar-refractivity contribution in [2.24, 2.45) is 5.92 Å². The van der Waals surface area contributed by atoms with Crippen LogP contribution >= 0.6 is 7.82 Å². The molecule has 0 saturated carbocycles. The molecule has 6 aliphatic rings. The molecule has 47 heteroatoms. The maximum atomic E-state index is 13.5. The number of nitrogens with zero attached hydrogens (tertiary/aromatic N) is 2. The first-order chi connectivity index (χ1) is 51.6. The number of nitrogen functional groups attached to an aromatic ring is 1. The first-order valence-electron chi connectivity index (χ1n) is 33.8. The van der Waals surface area contributed by atoms with Gasteiger partial charge in [0.15, 0.2) is 49.4 Å². The number of nitrogens with one attached hydrogen (secondary N) is 3. The zero-order valence-corrected chi connectivity index (χ0v) is 59.1. The second-order valence-electron chi connectivity index (χ2n) is 26.1. The van der Waals surface area contributed by atoms with Gasteiger partial charge in [-0.05, 0) is 11.6 Å². The topological polar surface area (TPSA) is 696 Å². The zero-order chi connectivity index (χ0) is 80.1. The van der Waals surface area contributed by atoms with Gasteiger partial charge in [-0.25, -0.2) is 18.7 Å². The molecule has 0 spiro atoms. The van der Waals surface area contributed by atoms with Gasteiger partial charge >= 0.3 is 19.5 Å². The Balaban J connectivity index is 0.809. The molecular weight excluding hydrogens is 1500 g/mol. The third-order valence-electron chi connectivity index (χ3n) is 18.6. The minimum Gasteiger partial charge on any atom is -0.477 e. The third kappa shape index (κ3) is 21.7.